The third-order valence-electron chi connectivity index (χ3n) is 1.80. The number of hydrogen-bond donors (Lipinski definition) is 0. The van der Waals surface area contributed by atoms with Crippen LogP contribution >= 0.6 is 11.6 Å². The van der Waals surface area contributed by atoms with E-state index in [0.717, 1.165) is 5.65 Å². The number of hydrogen-bond acceptors (Lipinski definition) is 3. The molecule has 0 aliphatic carbocycles. The summed E-state index contributed by atoms with van der Waals surface area (Å²) in [6, 6.07) is 1.96. The molecule has 5 heteroatoms. The summed E-state index contributed by atoms with van der Waals surface area (Å²) in [6.07, 6.45) is 1.66. The molecule has 68 valence electrons. The quantitative estimate of drug-likeness (QED) is 0.701. The molecular weight excluding hydrogens is 188 g/mol. The van der Waals surface area contributed by atoms with Crippen LogP contribution in [-0.2, 0) is 0 Å². The van der Waals surface area contributed by atoms with E-state index >= 15 is 0 Å². The first-order valence-corrected chi connectivity index (χ1v) is 4.43. The standard InChI is InChI=1S/C8H9ClN4/c1-5(2)13-8-7(11-12-13)6(9)3-4-10-8/h3-5H,1-2H3. The number of pyridine rings is 1. The van der Waals surface area contributed by atoms with Crippen molar-refractivity contribution >= 4 is 22.8 Å². The van der Waals surface area contributed by atoms with E-state index in [2.05, 4.69) is 15.3 Å². The predicted molar refractivity (Wildman–Crippen MR) is 50.7 cm³/mol. The minimum atomic E-state index is 0.246. The molecule has 2 heterocycles. The number of fused-ring (bicyclic) bond motifs is 1. The van der Waals surface area contributed by atoms with Crippen molar-refractivity contribution in [3.05, 3.63) is 17.3 Å². The monoisotopic (exact) mass is 196 g/mol. The fourth-order valence-electron chi connectivity index (χ4n) is 1.16. The molecule has 0 atom stereocenters. The van der Waals surface area contributed by atoms with Crippen LogP contribution in [0.5, 0.6) is 0 Å². The Morgan fingerprint density at radius 2 is 2.23 bits per heavy atom. The highest BCUT2D eigenvalue weighted by Gasteiger charge is 2.10. The molecule has 0 aromatic carbocycles. The highest BCUT2D eigenvalue weighted by atomic mass is 35.5. The van der Waals surface area contributed by atoms with Gasteiger partial charge in [0.2, 0.25) is 0 Å². The summed E-state index contributed by atoms with van der Waals surface area (Å²) in [6.45, 7) is 4.05. The second-order valence-electron chi connectivity index (χ2n) is 3.09. The van der Waals surface area contributed by atoms with Gasteiger partial charge in [-0.25, -0.2) is 9.67 Å². The van der Waals surface area contributed by atoms with Gasteiger partial charge in [0.25, 0.3) is 0 Å². The Balaban J connectivity index is 2.75. The van der Waals surface area contributed by atoms with Crippen LogP contribution in [0.25, 0.3) is 11.2 Å². The maximum Gasteiger partial charge on any atom is 0.180 e. The topological polar surface area (TPSA) is 43.6 Å². The second-order valence-corrected chi connectivity index (χ2v) is 3.50. The number of nitrogens with zero attached hydrogens (tertiary/aromatic N) is 4. The van der Waals surface area contributed by atoms with Crippen molar-refractivity contribution in [3.8, 4) is 0 Å². The lowest BCUT2D eigenvalue weighted by atomic mass is 10.4. The molecule has 13 heavy (non-hydrogen) atoms. The lowest BCUT2D eigenvalue weighted by molar-refractivity contribution is 0.526. The summed E-state index contributed by atoms with van der Waals surface area (Å²) in [5.41, 5.74) is 1.40. The molecule has 0 aliphatic rings. The van der Waals surface area contributed by atoms with E-state index in [0.29, 0.717) is 10.5 Å². The van der Waals surface area contributed by atoms with Crippen molar-refractivity contribution in [2.75, 3.05) is 0 Å². The smallest absolute Gasteiger partial charge is 0.180 e. The summed E-state index contributed by atoms with van der Waals surface area (Å²) in [5.74, 6) is 0. The van der Waals surface area contributed by atoms with Gasteiger partial charge in [0.1, 0.15) is 0 Å². The van der Waals surface area contributed by atoms with Crippen molar-refractivity contribution < 1.29 is 0 Å². The van der Waals surface area contributed by atoms with Crippen molar-refractivity contribution in [1.82, 2.24) is 20.0 Å². The molecule has 0 N–H and O–H groups in total. The largest absolute Gasteiger partial charge is 0.235 e. The summed E-state index contributed by atoms with van der Waals surface area (Å²) in [5, 5.41) is 8.53. The predicted octanol–water partition coefficient (Wildman–Crippen LogP) is 2.06. The molecule has 0 saturated heterocycles. The van der Waals surface area contributed by atoms with Crippen LogP contribution in [-0.4, -0.2) is 20.0 Å². The van der Waals surface area contributed by atoms with E-state index in [9.17, 15) is 0 Å². The van der Waals surface area contributed by atoms with Crippen LogP contribution in [0.15, 0.2) is 12.3 Å². The van der Waals surface area contributed by atoms with Gasteiger partial charge in [0.15, 0.2) is 11.2 Å². The van der Waals surface area contributed by atoms with Gasteiger partial charge in [-0.2, -0.15) is 0 Å². The molecular formula is C8H9ClN4. The number of aromatic nitrogens is 4. The van der Waals surface area contributed by atoms with Crippen molar-refractivity contribution in [2.24, 2.45) is 0 Å². The Bertz CT molecular complexity index is 435. The van der Waals surface area contributed by atoms with Gasteiger partial charge in [-0.15, -0.1) is 5.10 Å². The average molecular weight is 197 g/mol. The SMILES string of the molecule is CC(C)n1nnc2c(Cl)ccnc21. The van der Waals surface area contributed by atoms with E-state index in [1.165, 1.54) is 0 Å². The van der Waals surface area contributed by atoms with E-state index in [1.807, 2.05) is 13.8 Å². The first kappa shape index (κ1) is 8.44. The zero-order chi connectivity index (χ0) is 9.42. The van der Waals surface area contributed by atoms with Crippen LogP contribution in [0, 0.1) is 0 Å². The minimum Gasteiger partial charge on any atom is -0.235 e. The average Bonchev–Trinajstić information content (AvgIpc) is 2.48. The molecule has 2 aromatic heterocycles. The van der Waals surface area contributed by atoms with E-state index < -0.39 is 0 Å². The molecule has 0 bridgehead atoms. The van der Waals surface area contributed by atoms with Gasteiger partial charge in [-0.1, -0.05) is 16.8 Å². The van der Waals surface area contributed by atoms with Crippen molar-refractivity contribution in [1.29, 1.82) is 0 Å². The highest BCUT2D eigenvalue weighted by molar-refractivity contribution is 6.34. The van der Waals surface area contributed by atoms with Gasteiger partial charge in [0.05, 0.1) is 11.1 Å². The fourth-order valence-corrected chi connectivity index (χ4v) is 1.34. The summed E-state index contributed by atoms with van der Waals surface area (Å²) < 4.78 is 1.75. The molecule has 0 saturated carbocycles. The molecule has 0 amide bonds. The first-order valence-electron chi connectivity index (χ1n) is 4.05. The van der Waals surface area contributed by atoms with Gasteiger partial charge in [-0.3, -0.25) is 0 Å². The van der Waals surface area contributed by atoms with Crippen LogP contribution < -0.4 is 0 Å². The van der Waals surface area contributed by atoms with Crippen LogP contribution in [0.1, 0.15) is 19.9 Å². The molecule has 0 spiro atoms. The zero-order valence-electron chi connectivity index (χ0n) is 7.40. The van der Waals surface area contributed by atoms with Crippen LogP contribution in [0.3, 0.4) is 0 Å². The molecule has 2 rings (SSSR count). The molecule has 0 unspecified atom stereocenters. The molecule has 2 aromatic rings. The first-order chi connectivity index (χ1) is 6.20. The Morgan fingerprint density at radius 3 is 2.92 bits per heavy atom. The summed E-state index contributed by atoms with van der Waals surface area (Å²) >= 11 is 5.92. The molecule has 0 radical (unpaired) electrons. The van der Waals surface area contributed by atoms with Crippen LogP contribution in [0.4, 0.5) is 0 Å². The van der Waals surface area contributed by atoms with E-state index in [-0.39, 0.29) is 6.04 Å². The zero-order valence-corrected chi connectivity index (χ0v) is 8.15. The van der Waals surface area contributed by atoms with Crippen molar-refractivity contribution in [3.63, 3.8) is 0 Å². The van der Waals surface area contributed by atoms with Gasteiger partial charge >= 0.3 is 0 Å². The normalized spacial score (nSPS) is 11.4. The van der Waals surface area contributed by atoms with Crippen LogP contribution in [0.2, 0.25) is 5.02 Å². The van der Waals surface area contributed by atoms with Gasteiger partial charge in [-0.05, 0) is 19.9 Å². The van der Waals surface area contributed by atoms with Crippen molar-refractivity contribution in [2.45, 2.75) is 19.9 Å². The molecule has 0 aliphatic heterocycles. The number of rotatable bonds is 1. The van der Waals surface area contributed by atoms with Gasteiger partial charge in [0, 0.05) is 6.20 Å². The second kappa shape index (κ2) is 2.96. The lowest BCUT2D eigenvalue weighted by Crippen LogP contribution is -2.03. The maximum absolute atomic E-state index is 5.92. The fraction of sp³-hybridized carbons (Fsp3) is 0.375. The number of halogens is 1. The molecule has 0 fully saturated rings. The summed E-state index contributed by atoms with van der Waals surface area (Å²) in [7, 11) is 0. The van der Waals surface area contributed by atoms with E-state index in [4.69, 9.17) is 11.6 Å². The Morgan fingerprint density at radius 1 is 1.46 bits per heavy atom. The third-order valence-corrected chi connectivity index (χ3v) is 2.11. The third kappa shape index (κ3) is 1.27. The van der Waals surface area contributed by atoms with E-state index in [1.54, 1.807) is 16.9 Å². The lowest BCUT2D eigenvalue weighted by Gasteiger charge is -2.03. The Kier molecular flexibility index (Phi) is 1.92. The highest BCUT2D eigenvalue weighted by Crippen LogP contribution is 2.20. The van der Waals surface area contributed by atoms with Gasteiger partial charge < -0.3 is 0 Å². The molecule has 4 nitrogen and oxygen atoms in total. The Labute approximate surface area is 80.5 Å². The summed E-state index contributed by atoms with van der Waals surface area (Å²) in [4.78, 5) is 4.18. The minimum absolute atomic E-state index is 0.246. The Hall–Kier alpha value is -1.16. The maximum atomic E-state index is 5.92.